The number of rotatable bonds is 1. The predicted molar refractivity (Wildman–Crippen MR) is 70.7 cm³/mol. The molecule has 2 fully saturated rings. The number of piperidine rings is 2. The van der Waals surface area contributed by atoms with Gasteiger partial charge in [-0.2, -0.15) is 0 Å². The number of halogens is 2. The van der Waals surface area contributed by atoms with Crippen molar-refractivity contribution in [1.29, 1.82) is 0 Å². The van der Waals surface area contributed by atoms with Crippen molar-refractivity contribution in [3.05, 3.63) is 23.1 Å². The van der Waals surface area contributed by atoms with E-state index in [2.05, 4.69) is 10.3 Å². The minimum Gasteiger partial charge on any atom is -0.354 e. The van der Waals surface area contributed by atoms with Gasteiger partial charge >= 0.3 is 0 Å². The summed E-state index contributed by atoms with van der Waals surface area (Å²) in [5.74, 6) is 0.486. The molecule has 2 saturated heterocycles. The van der Waals surface area contributed by atoms with Gasteiger partial charge in [-0.3, -0.25) is 4.79 Å². The van der Waals surface area contributed by atoms with E-state index in [1.54, 1.807) is 0 Å². The fourth-order valence-electron chi connectivity index (χ4n) is 2.94. The average Bonchev–Trinajstić information content (AvgIpc) is 2.38. The third kappa shape index (κ3) is 2.52. The number of carbonyl (C=O) groups excluding carboxylic acids is 1. The first-order valence-electron chi connectivity index (χ1n) is 6.49. The molecular weight excluding hydrogens is 269 g/mol. The highest BCUT2D eigenvalue weighted by atomic mass is 35.5. The summed E-state index contributed by atoms with van der Waals surface area (Å²) >= 11 is 5.71. The van der Waals surface area contributed by atoms with Crippen molar-refractivity contribution in [1.82, 2.24) is 10.3 Å². The van der Waals surface area contributed by atoms with Crippen molar-refractivity contribution < 1.29 is 9.18 Å². The Balaban J connectivity index is 1.76. The summed E-state index contributed by atoms with van der Waals surface area (Å²) in [4.78, 5) is 17.4. The molecule has 1 amide bonds. The first kappa shape index (κ1) is 12.7. The highest BCUT2D eigenvalue weighted by Gasteiger charge is 2.34. The van der Waals surface area contributed by atoms with Gasteiger partial charge in [0.2, 0.25) is 5.91 Å². The molecule has 3 heterocycles. The van der Waals surface area contributed by atoms with E-state index in [0.29, 0.717) is 29.7 Å². The van der Waals surface area contributed by atoms with Crippen molar-refractivity contribution in [2.24, 2.45) is 5.92 Å². The molecule has 1 N–H and O–H groups in total. The van der Waals surface area contributed by atoms with Crippen LogP contribution in [-0.4, -0.2) is 30.0 Å². The maximum atomic E-state index is 13.9. The van der Waals surface area contributed by atoms with Gasteiger partial charge in [0.05, 0.1) is 5.02 Å². The average molecular weight is 284 g/mol. The molecule has 2 unspecified atom stereocenters. The van der Waals surface area contributed by atoms with E-state index in [1.165, 1.54) is 12.3 Å². The molecule has 3 rings (SSSR count). The standard InChI is InChI=1S/C13H15ClFN3O/c14-9-5-10(15)13(16-6-9)18-4-3-11-8(7-18)1-2-12(19)17-11/h5-6,8,11H,1-4,7H2,(H,17,19). The second kappa shape index (κ2) is 4.96. The summed E-state index contributed by atoms with van der Waals surface area (Å²) in [5.41, 5.74) is 0. The fourth-order valence-corrected chi connectivity index (χ4v) is 3.09. The van der Waals surface area contributed by atoms with E-state index in [4.69, 9.17) is 11.6 Å². The van der Waals surface area contributed by atoms with Crippen LogP contribution in [0.1, 0.15) is 19.3 Å². The number of aromatic nitrogens is 1. The van der Waals surface area contributed by atoms with Gasteiger partial charge in [-0.25, -0.2) is 9.37 Å². The Morgan fingerprint density at radius 2 is 2.32 bits per heavy atom. The Labute approximate surface area is 115 Å². The number of nitrogens with one attached hydrogen (secondary N) is 1. The van der Waals surface area contributed by atoms with E-state index in [-0.39, 0.29) is 17.8 Å². The zero-order valence-corrected chi connectivity index (χ0v) is 11.2. The molecule has 0 saturated carbocycles. The van der Waals surface area contributed by atoms with Crippen LogP contribution in [0.4, 0.5) is 10.2 Å². The Kier molecular flexibility index (Phi) is 3.31. The number of anilines is 1. The lowest BCUT2D eigenvalue weighted by Gasteiger charge is -2.41. The molecule has 1 aromatic heterocycles. The molecule has 4 nitrogen and oxygen atoms in total. The molecule has 19 heavy (non-hydrogen) atoms. The Bertz CT molecular complexity index is 511. The molecule has 2 atom stereocenters. The fraction of sp³-hybridized carbons (Fsp3) is 0.538. The molecule has 2 aliphatic heterocycles. The molecule has 0 bridgehead atoms. The van der Waals surface area contributed by atoms with Gasteiger partial charge in [0.1, 0.15) is 0 Å². The highest BCUT2D eigenvalue weighted by molar-refractivity contribution is 6.30. The van der Waals surface area contributed by atoms with Crippen molar-refractivity contribution in [2.75, 3.05) is 18.0 Å². The van der Waals surface area contributed by atoms with Crippen LogP contribution in [0, 0.1) is 11.7 Å². The van der Waals surface area contributed by atoms with Crippen LogP contribution >= 0.6 is 11.6 Å². The largest absolute Gasteiger partial charge is 0.354 e. The van der Waals surface area contributed by atoms with E-state index in [9.17, 15) is 9.18 Å². The van der Waals surface area contributed by atoms with Crippen molar-refractivity contribution in [3.63, 3.8) is 0 Å². The lowest BCUT2D eigenvalue weighted by Crippen LogP contribution is -2.54. The van der Waals surface area contributed by atoms with E-state index in [0.717, 1.165) is 19.4 Å². The number of pyridine rings is 1. The summed E-state index contributed by atoms with van der Waals surface area (Å²) in [5, 5.41) is 3.32. The summed E-state index contributed by atoms with van der Waals surface area (Å²) in [6.45, 7) is 1.43. The van der Waals surface area contributed by atoms with Gasteiger partial charge in [-0.1, -0.05) is 11.6 Å². The molecule has 0 radical (unpaired) electrons. The maximum Gasteiger partial charge on any atom is 0.220 e. The minimum atomic E-state index is -0.384. The van der Waals surface area contributed by atoms with Crippen LogP contribution in [0.5, 0.6) is 0 Å². The monoisotopic (exact) mass is 283 g/mol. The van der Waals surface area contributed by atoms with Crippen LogP contribution in [0.2, 0.25) is 5.02 Å². The lowest BCUT2D eigenvalue weighted by molar-refractivity contribution is -0.124. The Morgan fingerprint density at radius 1 is 1.47 bits per heavy atom. The topological polar surface area (TPSA) is 45.2 Å². The van der Waals surface area contributed by atoms with Crippen LogP contribution < -0.4 is 10.2 Å². The van der Waals surface area contributed by atoms with Crippen molar-refractivity contribution in [3.8, 4) is 0 Å². The van der Waals surface area contributed by atoms with E-state index in [1.807, 2.05) is 4.90 Å². The number of hydrogen-bond donors (Lipinski definition) is 1. The highest BCUT2D eigenvalue weighted by Crippen LogP contribution is 2.29. The lowest BCUT2D eigenvalue weighted by atomic mass is 9.85. The van der Waals surface area contributed by atoms with Crippen LogP contribution in [0.15, 0.2) is 12.3 Å². The van der Waals surface area contributed by atoms with Crippen molar-refractivity contribution in [2.45, 2.75) is 25.3 Å². The molecule has 1 aromatic rings. The smallest absolute Gasteiger partial charge is 0.220 e. The predicted octanol–water partition coefficient (Wildman–Crippen LogP) is 1.98. The molecule has 0 aliphatic carbocycles. The molecule has 102 valence electrons. The second-order valence-electron chi connectivity index (χ2n) is 5.17. The van der Waals surface area contributed by atoms with Crippen molar-refractivity contribution >= 4 is 23.3 Å². The first-order valence-corrected chi connectivity index (χ1v) is 6.86. The van der Waals surface area contributed by atoms with Gasteiger partial charge in [0, 0.05) is 31.7 Å². The summed E-state index contributed by atoms with van der Waals surface area (Å²) in [6.07, 6.45) is 3.72. The number of amides is 1. The van der Waals surface area contributed by atoms with Crippen LogP contribution in [0.25, 0.3) is 0 Å². The van der Waals surface area contributed by atoms with Crippen LogP contribution in [0.3, 0.4) is 0 Å². The molecule has 2 aliphatic rings. The van der Waals surface area contributed by atoms with Gasteiger partial charge in [-0.15, -0.1) is 0 Å². The Morgan fingerprint density at radius 3 is 3.11 bits per heavy atom. The minimum absolute atomic E-state index is 0.130. The van der Waals surface area contributed by atoms with Gasteiger partial charge in [-0.05, 0) is 24.8 Å². The van der Waals surface area contributed by atoms with E-state index >= 15 is 0 Å². The summed E-state index contributed by atoms with van der Waals surface area (Å²) in [6, 6.07) is 1.52. The summed E-state index contributed by atoms with van der Waals surface area (Å²) < 4.78 is 13.9. The van der Waals surface area contributed by atoms with E-state index < -0.39 is 0 Å². The number of fused-ring (bicyclic) bond motifs is 1. The number of hydrogen-bond acceptors (Lipinski definition) is 3. The molecule has 0 spiro atoms. The summed E-state index contributed by atoms with van der Waals surface area (Å²) in [7, 11) is 0. The third-order valence-electron chi connectivity index (χ3n) is 3.91. The molecular formula is C13H15ClFN3O. The Hall–Kier alpha value is -1.36. The SMILES string of the molecule is O=C1CCC2CN(c3ncc(Cl)cc3F)CCC2N1. The zero-order chi connectivity index (χ0) is 13.4. The second-order valence-corrected chi connectivity index (χ2v) is 5.60. The molecule has 0 aromatic carbocycles. The quantitative estimate of drug-likeness (QED) is 0.857. The number of carbonyl (C=O) groups is 1. The zero-order valence-electron chi connectivity index (χ0n) is 10.4. The van der Waals surface area contributed by atoms with Crippen LogP contribution in [-0.2, 0) is 4.79 Å². The van der Waals surface area contributed by atoms with Gasteiger partial charge in [0.15, 0.2) is 11.6 Å². The van der Waals surface area contributed by atoms with Gasteiger partial charge < -0.3 is 10.2 Å². The number of nitrogens with zero attached hydrogens (tertiary/aromatic N) is 2. The normalized spacial score (nSPS) is 26.8. The molecule has 6 heteroatoms. The van der Waals surface area contributed by atoms with Gasteiger partial charge in [0.25, 0.3) is 0 Å². The third-order valence-corrected chi connectivity index (χ3v) is 4.12. The first-order chi connectivity index (χ1) is 9.13. The maximum absolute atomic E-state index is 13.9.